The van der Waals surface area contributed by atoms with Crippen LogP contribution in [0.15, 0.2) is 24.3 Å². The van der Waals surface area contributed by atoms with Gasteiger partial charge in [0.25, 0.3) is 0 Å². The second kappa shape index (κ2) is 16.9. The van der Waals surface area contributed by atoms with E-state index in [4.69, 9.17) is 29.4 Å². The molecule has 0 aromatic heterocycles. The third-order valence-corrected chi connectivity index (χ3v) is 4.45. The molecular weight excluding hydrogens is 410 g/mol. The molecule has 0 heterocycles. The van der Waals surface area contributed by atoms with Gasteiger partial charge < -0.3 is 29.4 Å². The Bertz CT molecular complexity index is 615. The van der Waals surface area contributed by atoms with E-state index in [1.807, 2.05) is 52.0 Å². The molecule has 184 valence electrons. The average Bonchev–Trinajstić information content (AvgIpc) is 2.72. The largest absolute Gasteiger partial charge is 0.494 e. The molecule has 0 bridgehead atoms. The number of unbranched alkanes of at least 4 members (excludes halogenated alkanes) is 3. The lowest BCUT2D eigenvalue weighted by molar-refractivity contribution is -0.156. The van der Waals surface area contributed by atoms with Crippen molar-refractivity contribution < 1.29 is 28.5 Å². The van der Waals surface area contributed by atoms with Gasteiger partial charge in [-0.1, -0.05) is 18.6 Å². The molecule has 7 nitrogen and oxygen atoms in total. The van der Waals surface area contributed by atoms with Crippen molar-refractivity contribution >= 4 is 5.97 Å². The zero-order chi connectivity index (χ0) is 23.7. The molecule has 1 rings (SSSR count). The zero-order valence-corrected chi connectivity index (χ0v) is 20.4. The van der Waals surface area contributed by atoms with Gasteiger partial charge in [-0.2, -0.15) is 0 Å². The summed E-state index contributed by atoms with van der Waals surface area (Å²) < 4.78 is 27.4. The topological polar surface area (TPSA) is 89.2 Å². The van der Waals surface area contributed by atoms with Crippen LogP contribution in [-0.2, 0) is 23.7 Å². The monoisotopic (exact) mass is 453 g/mol. The minimum atomic E-state index is -0.453. The van der Waals surface area contributed by atoms with Crippen LogP contribution in [0.25, 0.3) is 0 Å². The van der Waals surface area contributed by atoms with E-state index in [0.29, 0.717) is 33.0 Å². The molecule has 0 saturated carbocycles. The van der Waals surface area contributed by atoms with Crippen molar-refractivity contribution in [2.75, 3.05) is 46.2 Å². The number of benzene rings is 1. The summed E-state index contributed by atoms with van der Waals surface area (Å²) >= 11 is 0. The third kappa shape index (κ3) is 16.0. The molecule has 32 heavy (non-hydrogen) atoms. The summed E-state index contributed by atoms with van der Waals surface area (Å²) in [6.07, 6.45) is 4.56. The smallest absolute Gasteiger partial charge is 0.308 e. The predicted octanol–water partition coefficient (Wildman–Crippen LogP) is 4.43. The van der Waals surface area contributed by atoms with E-state index in [2.05, 4.69) is 0 Å². The van der Waals surface area contributed by atoms with Crippen molar-refractivity contribution in [1.82, 2.24) is 0 Å². The van der Waals surface area contributed by atoms with E-state index >= 15 is 0 Å². The molecule has 0 radical (unpaired) electrons. The number of hydrogen-bond acceptors (Lipinski definition) is 7. The van der Waals surface area contributed by atoms with E-state index in [0.717, 1.165) is 50.2 Å². The number of carbonyl (C=O) groups is 1. The van der Waals surface area contributed by atoms with Gasteiger partial charge in [0.05, 0.1) is 46.1 Å². The lowest BCUT2D eigenvalue weighted by Crippen LogP contribution is -2.24. The van der Waals surface area contributed by atoms with Crippen LogP contribution in [0.1, 0.15) is 71.4 Å². The molecule has 0 fully saturated rings. The summed E-state index contributed by atoms with van der Waals surface area (Å²) in [5.41, 5.74) is 6.54. The van der Waals surface area contributed by atoms with Crippen LogP contribution >= 0.6 is 0 Å². The van der Waals surface area contributed by atoms with Gasteiger partial charge in [-0.3, -0.25) is 4.79 Å². The summed E-state index contributed by atoms with van der Waals surface area (Å²) in [5, 5.41) is 0. The van der Waals surface area contributed by atoms with Gasteiger partial charge in [-0.15, -0.1) is 0 Å². The molecule has 1 aromatic rings. The fraction of sp³-hybridized carbons (Fsp3) is 0.720. The Hall–Kier alpha value is -1.67. The first-order valence-electron chi connectivity index (χ1n) is 11.7. The molecule has 7 heteroatoms. The first-order valence-corrected chi connectivity index (χ1v) is 11.7. The Morgan fingerprint density at radius 2 is 1.47 bits per heavy atom. The normalized spacial score (nSPS) is 12.5. The maximum absolute atomic E-state index is 11.5. The minimum absolute atomic E-state index is 0.0214. The molecule has 0 aliphatic carbocycles. The first-order chi connectivity index (χ1) is 15.3. The Balaban J connectivity index is 1.82. The summed E-state index contributed by atoms with van der Waals surface area (Å²) in [6.45, 7) is 11.4. The minimum Gasteiger partial charge on any atom is -0.494 e. The summed E-state index contributed by atoms with van der Waals surface area (Å²) in [7, 11) is 0. The number of carbonyl (C=O) groups excluding carboxylic acids is 1. The Morgan fingerprint density at radius 3 is 2.09 bits per heavy atom. The third-order valence-electron chi connectivity index (χ3n) is 4.45. The highest BCUT2D eigenvalue weighted by molar-refractivity contribution is 5.69. The Labute approximate surface area is 193 Å². The van der Waals surface area contributed by atoms with Crippen molar-refractivity contribution in [3.8, 4) is 5.75 Å². The van der Waals surface area contributed by atoms with Crippen molar-refractivity contribution in [3.05, 3.63) is 29.8 Å². The van der Waals surface area contributed by atoms with Crippen LogP contribution in [0.2, 0.25) is 0 Å². The fourth-order valence-electron chi connectivity index (χ4n) is 2.83. The highest BCUT2D eigenvalue weighted by atomic mass is 16.6. The Morgan fingerprint density at radius 1 is 0.875 bits per heavy atom. The second-order valence-electron chi connectivity index (χ2n) is 8.80. The fourth-order valence-corrected chi connectivity index (χ4v) is 2.83. The molecule has 2 N–H and O–H groups in total. The van der Waals surface area contributed by atoms with Crippen molar-refractivity contribution in [2.45, 2.75) is 71.4 Å². The van der Waals surface area contributed by atoms with Gasteiger partial charge in [0.1, 0.15) is 11.4 Å². The second-order valence-corrected chi connectivity index (χ2v) is 8.80. The van der Waals surface area contributed by atoms with Crippen molar-refractivity contribution in [3.63, 3.8) is 0 Å². The number of ether oxygens (including phenoxy) is 5. The average molecular weight is 454 g/mol. The molecule has 0 spiro atoms. The predicted molar refractivity (Wildman–Crippen MR) is 126 cm³/mol. The van der Waals surface area contributed by atoms with Gasteiger partial charge in [-0.05, 0) is 64.7 Å². The van der Waals surface area contributed by atoms with Gasteiger partial charge in [0.15, 0.2) is 0 Å². The van der Waals surface area contributed by atoms with E-state index in [9.17, 15) is 4.79 Å². The molecule has 1 aromatic carbocycles. The first kappa shape index (κ1) is 28.4. The summed E-state index contributed by atoms with van der Waals surface area (Å²) in [5.74, 6) is 0.642. The zero-order valence-electron chi connectivity index (χ0n) is 20.4. The maximum atomic E-state index is 11.5. The van der Waals surface area contributed by atoms with Crippen LogP contribution in [0.4, 0.5) is 0 Å². The van der Waals surface area contributed by atoms with E-state index in [-0.39, 0.29) is 18.4 Å². The standard InChI is InChI=1S/C25H43NO6/c1-21(26)22-10-9-11-23(20-22)31-14-8-6-5-7-13-28-16-18-30-19-17-29-15-12-24(27)32-25(2,3)4/h9-11,20-21H,5-8,12-19,26H2,1-4H3. The molecule has 0 saturated heterocycles. The SMILES string of the molecule is CC(N)c1cccc(OCCCCCCOCCOCCOCCC(=O)OC(C)(C)C)c1. The summed E-state index contributed by atoms with van der Waals surface area (Å²) in [6, 6.07) is 8.00. The lowest BCUT2D eigenvalue weighted by Gasteiger charge is -2.19. The maximum Gasteiger partial charge on any atom is 0.308 e. The van der Waals surface area contributed by atoms with Crippen LogP contribution in [0.5, 0.6) is 5.75 Å². The molecule has 0 amide bonds. The van der Waals surface area contributed by atoms with E-state index < -0.39 is 5.60 Å². The van der Waals surface area contributed by atoms with Gasteiger partial charge >= 0.3 is 5.97 Å². The Kier molecular flexibility index (Phi) is 15.0. The number of rotatable bonds is 18. The van der Waals surface area contributed by atoms with Crippen LogP contribution < -0.4 is 10.5 Å². The summed E-state index contributed by atoms with van der Waals surface area (Å²) in [4.78, 5) is 11.5. The number of esters is 1. The number of nitrogens with two attached hydrogens (primary N) is 1. The molecule has 0 aliphatic rings. The van der Waals surface area contributed by atoms with Crippen LogP contribution in [-0.4, -0.2) is 57.8 Å². The van der Waals surface area contributed by atoms with Crippen LogP contribution in [0, 0.1) is 0 Å². The van der Waals surface area contributed by atoms with Gasteiger partial charge in [0, 0.05) is 12.6 Å². The van der Waals surface area contributed by atoms with Crippen molar-refractivity contribution in [2.24, 2.45) is 5.73 Å². The lowest BCUT2D eigenvalue weighted by atomic mass is 10.1. The quantitative estimate of drug-likeness (QED) is 0.260. The van der Waals surface area contributed by atoms with Crippen LogP contribution in [0.3, 0.4) is 0 Å². The molecule has 0 aliphatic heterocycles. The highest BCUT2D eigenvalue weighted by Crippen LogP contribution is 2.18. The van der Waals surface area contributed by atoms with E-state index in [1.165, 1.54) is 0 Å². The molecule has 1 atom stereocenters. The van der Waals surface area contributed by atoms with Gasteiger partial charge in [0.2, 0.25) is 0 Å². The van der Waals surface area contributed by atoms with E-state index in [1.54, 1.807) is 0 Å². The molecular formula is C25H43NO6. The number of hydrogen-bond donors (Lipinski definition) is 1. The van der Waals surface area contributed by atoms with Gasteiger partial charge in [-0.25, -0.2) is 0 Å². The van der Waals surface area contributed by atoms with Crippen molar-refractivity contribution in [1.29, 1.82) is 0 Å². The molecule has 1 unspecified atom stereocenters. The highest BCUT2D eigenvalue weighted by Gasteiger charge is 2.15.